The Morgan fingerprint density at radius 3 is 2.29 bits per heavy atom. The molecule has 0 atom stereocenters. The third-order valence-corrected chi connectivity index (χ3v) is 2.75. The van der Waals surface area contributed by atoms with E-state index in [0.717, 1.165) is 29.9 Å². The fraction of sp³-hybridized carbons (Fsp3) is 0.455. The van der Waals surface area contributed by atoms with Crippen LogP contribution in [0.2, 0.25) is 0 Å². The van der Waals surface area contributed by atoms with Crippen LogP contribution in [0.15, 0.2) is 18.2 Å². The number of benzene rings is 1. The highest BCUT2D eigenvalue weighted by Crippen LogP contribution is 2.44. The van der Waals surface area contributed by atoms with Crippen molar-refractivity contribution >= 4 is 0 Å². The lowest BCUT2D eigenvalue weighted by Gasteiger charge is -2.13. The molecular formula is C11H15NO2. The molecule has 0 spiro atoms. The summed E-state index contributed by atoms with van der Waals surface area (Å²) in [5.74, 6) is 1.50. The zero-order valence-electron chi connectivity index (χ0n) is 8.54. The van der Waals surface area contributed by atoms with E-state index in [2.05, 4.69) is 0 Å². The van der Waals surface area contributed by atoms with Gasteiger partial charge in [0.05, 0.1) is 14.2 Å². The largest absolute Gasteiger partial charge is 0.493 e. The molecule has 0 radical (unpaired) electrons. The van der Waals surface area contributed by atoms with Crippen LogP contribution in [0.5, 0.6) is 11.5 Å². The standard InChI is InChI=1S/C11H15NO2/c1-13-9-4-3-8(7-10(9)14-2)11(12)5-6-11/h3-4,7H,5-6,12H2,1-2H3. The second-order valence-electron chi connectivity index (χ2n) is 3.73. The zero-order chi connectivity index (χ0) is 10.2. The van der Waals surface area contributed by atoms with Crippen molar-refractivity contribution in [3.63, 3.8) is 0 Å². The van der Waals surface area contributed by atoms with E-state index >= 15 is 0 Å². The van der Waals surface area contributed by atoms with E-state index in [9.17, 15) is 0 Å². The zero-order valence-corrected chi connectivity index (χ0v) is 8.54. The minimum atomic E-state index is -0.112. The summed E-state index contributed by atoms with van der Waals surface area (Å²) in [6, 6.07) is 5.88. The van der Waals surface area contributed by atoms with Crippen LogP contribution in [0.25, 0.3) is 0 Å². The molecule has 0 aliphatic heterocycles. The van der Waals surface area contributed by atoms with E-state index in [-0.39, 0.29) is 5.54 Å². The number of hydrogen-bond acceptors (Lipinski definition) is 3. The molecule has 0 bridgehead atoms. The second-order valence-corrected chi connectivity index (χ2v) is 3.73. The molecule has 0 aromatic heterocycles. The van der Waals surface area contributed by atoms with Crippen LogP contribution in [0, 0.1) is 0 Å². The van der Waals surface area contributed by atoms with Crippen molar-refractivity contribution in [2.75, 3.05) is 14.2 Å². The number of hydrogen-bond donors (Lipinski definition) is 1. The summed E-state index contributed by atoms with van der Waals surface area (Å²) >= 11 is 0. The lowest BCUT2D eigenvalue weighted by atomic mass is 10.1. The van der Waals surface area contributed by atoms with Crippen LogP contribution in [-0.2, 0) is 5.54 Å². The first-order valence-corrected chi connectivity index (χ1v) is 4.71. The summed E-state index contributed by atoms with van der Waals surface area (Å²) in [4.78, 5) is 0. The normalized spacial score (nSPS) is 17.6. The van der Waals surface area contributed by atoms with Gasteiger partial charge in [0, 0.05) is 5.54 Å². The van der Waals surface area contributed by atoms with Crippen molar-refractivity contribution in [2.24, 2.45) is 5.73 Å². The Morgan fingerprint density at radius 2 is 1.79 bits per heavy atom. The van der Waals surface area contributed by atoms with Crippen molar-refractivity contribution in [1.29, 1.82) is 0 Å². The van der Waals surface area contributed by atoms with Gasteiger partial charge in [0.1, 0.15) is 0 Å². The third-order valence-electron chi connectivity index (χ3n) is 2.75. The fourth-order valence-corrected chi connectivity index (χ4v) is 1.57. The summed E-state index contributed by atoms with van der Waals surface area (Å²) in [6.07, 6.45) is 2.12. The molecule has 1 aromatic carbocycles. The molecule has 2 rings (SSSR count). The lowest BCUT2D eigenvalue weighted by Crippen LogP contribution is -2.18. The molecule has 1 saturated carbocycles. The minimum absolute atomic E-state index is 0.112. The minimum Gasteiger partial charge on any atom is -0.493 e. The first-order chi connectivity index (χ1) is 6.69. The van der Waals surface area contributed by atoms with Crippen molar-refractivity contribution in [3.8, 4) is 11.5 Å². The molecule has 1 aliphatic carbocycles. The summed E-state index contributed by atoms with van der Waals surface area (Å²) in [7, 11) is 3.27. The molecule has 0 unspecified atom stereocenters. The van der Waals surface area contributed by atoms with Crippen molar-refractivity contribution in [3.05, 3.63) is 23.8 Å². The molecule has 2 N–H and O–H groups in total. The van der Waals surface area contributed by atoms with Gasteiger partial charge in [-0.1, -0.05) is 6.07 Å². The van der Waals surface area contributed by atoms with Crippen LogP contribution in [0.4, 0.5) is 0 Å². The SMILES string of the molecule is COc1ccc(C2(N)CC2)cc1OC. The van der Waals surface area contributed by atoms with E-state index in [4.69, 9.17) is 15.2 Å². The van der Waals surface area contributed by atoms with Crippen LogP contribution < -0.4 is 15.2 Å². The van der Waals surface area contributed by atoms with Crippen LogP contribution in [0.3, 0.4) is 0 Å². The summed E-state index contributed by atoms with van der Waals surface area (Å²) in [5.41, 5.74) is 7.11. The maximum atomic E-state index is 6.09. The van der Waals surface area contributed by atoms with Gasteiger partial charge in [-0.25, -0.2) is 0 Å². The van der Waals surface area contributed by atoms with E-state index in [1.165, 1.54) is 0 Å². The molecule has 3 nitrogen and oxygen atoms in total. The van der Waals surface area contributed by atoms with E-state index in [0.29, 0.717) is 0 Å². The second kappa shape index (κ2) is 3.17. The maximum absolute atomic E-state index is 6.09. The number of ether oxygens (including phenoxy) is 2. The van der Waals surface area contributed by atoms with Crippen LogP contribution in [-0.4, -0.2) is 14.2 Å². The van der Waals surface area contributed by atoms with Crippen molar-refractivity contribution in [1.82, 2.24) is 0 Å². The highest BCUT2D eigenvalue weighted by molar-refractivity contribution is 5.46. The Hall–Kier alpha value is -1.22. The van der Waals surface area contributed by atoms with Gasteiger partial charge >= 0.3 is 0 Å². The Kier molecular flexibility index (Phi) is 2.11. The monoisotopic (exact) mass is 193 g/mol. The third kappa shape index (κ3) is 1.44. The topological polar surface area (TPSA) is 44.5 Å². The highest BCUT2D eigenvalue weighted by Gasteiger charge is 2.40. The van der Waals surface area contributed by atoms with E-state index in [1.54, 1.807) is 14.2 Å². The smallest absolute Gasteiger partial charge is 0.161 e. The van der Waals surface area contributed by atoms with Gasteiger partial charge in [-0.2, -0.15) is 0 Å². The molecule has 0 heterocycles. The average Bonchev–Trinajstić information content (AvgIpc) is 2.97. The summed E-state index contributed by atoms with van der Waals surface area (Å²) in [6.45, 7) is 0. The predicted molar refractivity (Wildman–Crippen MR) is 54.6 cm³/mol. The van der Waals surface area contributed by atoms with Gasteiger partial charge in [-0.15, -0.1) is 0 Å². The Balaban J connectivity index is 2.36. The van der Waals surface area contributed by atoms with Crippen molar-refractivity contribution < 1.29 is 9.47 Å². The Labute approximate surface area is 83.8 Å². The Morgan fingerprint density at radius 1 is 1.14 bits per heavy atom. The molecule has 3 heteroatoms. The quantitative estimate of drug-likeness (QED) is 0.793. The van der Waals surface area contributed by atoms with Gasteiger partial charge in [-0.3, -0.25) is 0 Å². The van der Waals surface area contributed by atoms with Gasteiger partial charge in [0.25, 0.3) is 0 Å². The Bertz CT molecular complexity index is 345. The molecule has 0 amide bonds. The van der Waals surface area contributed by atoms with Gasteiger partial charge in [0.2, 0.25) is 0 Å². The van der Waals surface area contributed by atoms with Crippen LogP contribution >= 0.6 is 0 Å². The lowest BCUT2D eigenvalue weighted by molar-refractivity contribution is 0.354. The number of nitrogens with two attached hydrogens (primary N) is 1. The van der Waals surface area contributed by atoms with Gasteiger partial charge in [-0.05, 0) is 30.5 Å². The number of methoxy groups -OCH3 is 2. The molecule has 1 aliphatic rings. The molecule has 0 saturated heterocycles. The molecule has 1 fully saturated rings. The predicted octanol–water partition coefficient (Wildman–Crippen LogP) is 1.65. The van der Waals surface area contributed by atoms with E-state index in [1.807, 2.05) is 18.2 Å². The first-order valence-electron chi connectivity index (χ1n) is 4.71. The van der Waals surface area contributed by atoms with Gasteiger partial charge in [0.15, 0.2) is 11.5 Å². The maximum Gasteiger partial charge on any atom is 0.161 e. The molecule has 1 aromatic rings. The molecular weight excluding hydrogens is 178 g/mol. The fourth-order valence-electron chi connectivity index (χ4n) is 1.57. The number of rotatable bonds is 3. The average molecular weight is 193 g/mol. The molecule has 14 heavy (non-hydrogen) atoms. The van der Waals surface area contributed by atoms with Crippen LogP contribution in [0.1, 0.15) is 18.4 Å². The first kappa shape index (κ1) is 9.34. The molecule has 76 valence electrons. The summed E-state index contributed by atoms with van der Waals surface area (Å²) < 4.78 is 10.4. The van der Waals surface area contributed by atoms with Gasteiger partial charge < -0.3 is 15.2 Å². The summed E-state index contributed by atoms with van der Waals surface area (Å²) in [5, 5.41) is 0. The highest BCUT2D eigenvalue weighted by atomic mass is 16.5. The van der Waals surface area contributed by atoms with Crippen molar-refractivity contribution in [2.45, 2.75) is 18.4 Å². The van der Waals surface area contributed by atoms with E-state index < -0.39 is 0 Å².